The first kappa shape index (κ1) is 126. The maximum atomic E-state index is 13.1. The van der Waals surface area contributed by atoms with Crippen molar-refractivity contribution in [3.8, 4) is 0 Å². The fourth-order valence-corrected chi connectivity index (χ4v) is 15.9. The normalized spacial score (nSPS) is 11.6. The number of unbranched alkanes of at least 4 members (excludes halogenated alkanes) is 4. The molecule has 0 radical (unpaired) electrons. The molecule has 139 heavy (non-hydrogen) atoms. The van der Waals surface area contributed by atoms with Gasteiger partial charge in [0, 0.05) is 98.0 Å². The van der Waals surface area contributed by atoms with Gasteiger partial charge >= 0.3 is 67.7 Å². The summed E-state index contributed by atoms with van der Waals surface area (Å²) in [5.74, 6) is -1.60. The van der Waals surface area contributed by atoms with E-state index in [-0.39, 0.29) is 99.4 Å². The number of phosphoric acid groups is 1. The van der Waals surface area contributed by atoms with Gasteiger partial charge in [-0.2, -0.15) is 0 Å². The number of benzene rings is 6. The summed E-state index contributed by atoms with van der Waals surface area (Å²) in [6, 6.07) is 39.6. The molecule has 0 bridgehead atoms. The van der Waals surface area contributed by atoms with E-state index in [1.807, 2.05) is 169 Å². The third-order valence-electron chi connectivity index (χ3n) is 20.8. The first-order valence-corrected chi connectivity index (χ1v) is 53.5. The number of hydrogen-bond donors (Lipinski definition) is 10. The van der Waals surface area contributed by atoms with Gasteiger partial charge in [-0.15, -0.1) is 0 Å². The molecule has 776 valence electrons. The molecule has 0 unspecified atom stereocenters. The number of amides is 6. The van der Waals surface area contributed by atoms with Gasteiger partial charge in [0.15, 0.2) is 6.07 Å². The summed E-state index contributed by atoms with van der Waals surface area (Å²) in [6.07, 6.45) is 9.07. The Bertz CT molecular complexity index is 4630. The monoisotopic (exact) mass is 2170 g/mol. The molecule has 0 saturated heterocycles. The molecule has 0 heterocycles. The second-order valence-electron chi connectivity index (χ2n) is 36.6. The molecule has 0 saturated carbocycles. The van der Waals surface area contributed by atoms with Gasteiger partial charge in [0.1, 0.15) is 0 Å². The summed E-state index contributed by atoms with van der Waals surface area (Å²) in [7, 11) is -4.53. The van der Waals surface area contributed by atoms with Crippen LogP contribution in [0.15, 0.2) is 127 Å². The molecule has 0 aliphatic heterocycles. The van der Waals surface area contributed by atoms with Crippen molar-refractivity contribution < 1.29 is 101 Å². The summed E-state index contributed by atoms with van der Waals surface area (Å²) >= 11 is 15.0. The highest BCUT2D eigenvalue weighted by atomic mass is 79.9. The van der Waals surface area contributed by atoms with Crippen LogP contribution in [-0.2, 0) is 66.3 Å². The molecule has 6 amide bonds. The van der Waals surface area contributed by atoms with E-state index in [2.05, 4.69) is 187 Å². The van der Waals surface area contributed by atoms with Gasteiger partial charge in [-0.05, 0) is 234 Å². The maximum absolute atomic E-state index is 13.1. The van der Waals surface area contributed by atoms with E-state index in [4.69, 9.17) is 45.4 Å². The van der Waals surface area contributed by atoms with E-state index < -0.39 is 44.5 Å². The predicted molar refractivity (Wildman–Crippen MR) is 570 cm³/mol. The van der Waals surface area contributed by atoms with Crippen LogP contribution in [0.3, 0.4) is 0 Å². The van der Waals surface area contributed by atoms with Gasteiger partial charge in [0.25, 0.3) is 0 Å². The molecule has 0 aliphatic rings. The lowest BCUT2D eigenvalue weighted by molar-refractivity contribution is -0.169. The average molecular weight is 2170 g/mol. The van der Waals surface area contributed by atoms with E-state index in [1.165, 1.54) is 0 Å². The number of carbonyl (C=O) groups excluding carboxylic acids is 8. The fraction of sp³-hybridized carbons (Fsp3) is 0.558. The fourth-order valence-electron chi connectivity index (χ4n) is 14.3. The molecule has 35 heteroatoms. The summed E-state index contributed by atoms with van der Waals surface area (Å²) < 4.78 is 39.9. The molecular weight excluding hydrogens is 2020 g/mol. The second kappa shape index (κ2) is 71.2. The highest BCUT2D eigenvalue weighted by Crippen LogP contribution is 2.39. The molecule has 0 spiro atoms. The van der Waals surface area contributed by atoms with E-state index in [0.717, 1.165) is 144 Å². The highest BCUT2D eigenvalue weighted by Gasteiger charge is 2.27. The molecule has 10 N–H and O–H groups in total. The van der Waals surface area contributed by atoms with Gasteiger partial charge in [0.2, 0.25) is 13.6 Å². The smallest absolute Gasteiger partial charge is 0.469 e. The van der Waals surface area contributed by atoms with E-state index in [0.29, 0.717) is 115 Å². The van der Waals surface area contributed by atoms with Crippen molar-refractivity contribution >= 4 is 178 Å². The number of carboxylic acid groups (broad SMARTS) is 2. The zero-order valence-corrected chi connectivity index (χ0v) is 91.2. The van der Waals surface area contributed by atoms with Gasteiger partial charge in [-0.3, -0.25) is 38.1 Å². The van der Waals surface area contributed by atoms with E-state index in [9.17, 15) is 57.6 Å². The third-order valence-corrected chi connectivity index (χ3v) is 23.2. The standard InChI is InChI=1S/C33H48BrN3O5.C33H50N3O9P.C27H39N3O3.C6H10BrClO2.C5H9BrO2/c1-7-26(19-32(39)42-22-41-31(38)10-8-9-17-34)27-13-16-30(37(20-23(2)3)21-24(4)5)29(18-27)36-33(40)35-28-14-11-25(6)12-15-28;1-7-26(19-32(38)44-22-43-31(37)10-8-9-17-45-46(40,41)42)27-13-16-30(36(20-23(2)3)21-24(4)5)29(18-27)35-33(39)34-28-14-11-25(6)12-15-28;1-7-21(15-26(31)32)22-10-13-25(30(16-18(2)3)17-19(4)5)24(14-22)29-27(33)28-23-11-8-20(6)9-12-23;7-4-2-1-3-6(9)10-5-8;6-4-2-1-3-5(7)8/h11-16,18,23-24,26H,7-10,17,19-22H2,1-6H3,(H2,35,36,40);11-16,18,23-24,26H,7-10,17,19-22H2,1-6H3,(H2,34,35,39)(H2,40,41,42);8-14,18-19,21H,7,15-17H2,1-6H3,(H,31,32)(H2,28,29,33);1-5H2;1-4H2,(H,7,8)/t2*26-;21-;;/m000../s1. The van der Waals surface area contributed by atoms with Gasteiger partial charge in [-0.25, -0.2) is 18.9 Å². The van der Waals surface area contributed by atoms with Crippen LogP contribution in [0, 0.1) is 56.3 Å². The minimum absolute atomic E-state index is 0.0100. The number of nitrogens with zero attached hydrogens (tertiary/aromatic N) is 3. The van der Waals surface area contributed by atoms with Crippen molar-refractivity contribution in [3.05, 3.63) is 161 Å². The van der Waals surface area contributed by atoms with Gasteiger partial charge in [0.05, 0.1) is 60.0 Å². The number of nitrogens with one attached hydrogen (secondary N) is 6. The van der Waals surface area contributed by atoms with Crippen molar-refractivity contribution in [3.63, 3.8) is 0 Å². The zero-order chi connectivity index (χ0) is 104. The quantitative estimate of drug-likeness (QED) is 0.00423. The van der Waals surface area contributed by atoms with E-state index >= 15 is 0 Å². The van der Waals surface area contributed by atoms with Crippen molar-refractivity contribution in [2.45, 2.75) is 258 Å². The number of aliphatic carboxylic acids is 2. The Kier molecular flexibility index (Phi) is 64.4. The molecule has 30 nitrogen and oxygen atoms in total. The SMILES string of the molecule is CC[C@@H](CC(=O)O)c1ccc(N(CC(C)C)CC(C)C)c(NC(=O)Nc2ccc(C)cc2)c1.CC[C@@H](CC(=O)OCOC(=O)CCCCBr)c1ccc(N(CC(C)C)CC(C)C)c(NC(=O)Nc2ccc(C)cc2)c1.CC[C@@H](CC(=O)OCOC(=O)CCCCOP(=O)(O)O)c1ccc(N(CC(C)C)CC(C)C)c(NC(=O)Nc2ccc(C)cc2)c1.O=C(CCCCBr)OCCl.O=C(O)CCCCBr. The lowest BCUT2D eigenvalue weighted by Crippen LogP contribution is -2.32. The summed E-state index contributed by atoms with van der Waals surface area (Å²) in [4.78, 5) is 144. The predicted octanol–water partition coefficient (Wildman–Crippen LogP) is 25.9. The van der Waals surface area contributed by atoms with Crippen molar-refractivity contribution in [2.24, 2.45) is 35.5 Å². The Labute approximate surface area is 855 Å². The van der Waals surface area contributed by atoms with Crippen LogP contribution in [-0.4, -0.2) is 161 Å². The summed E-state index contributed by atoms with van der Waals surface area (Å²) in [6.45, 7) is 41.9. The molecule has 0 fully saturated rings. The maximum Gasteiger partial charge on any atom is 0.469 e. The second-order valence-corrected chi connectivity index (χ2v) is 40.4. The van der Waals surface area contributed by atoms with Crippen LogP contribution >= 0.6 is 67.2 Å². The molecule has 0 aliphatic carbocycles. The number of alkyl halides is 4. The number of aryl methyl sites for hydroxylation is 3. The van der Waals surface area contributed by atoms with Crippen LogP contribution in [0.4, 0.5) is 65.6 Å². The number of rotatable bonds is 56. The van der Waals surface area contributed by atoms with Gasteiger partial charge in [-0.1, -0.05) is 235 Å². The summed E-state index contributed by atoms with van der Waals surface area (Å²) in [5.41, 5.74) is 12.9. The molecule has 6 aromatic carbocycles. The largest absolute Gasteiger partial charge is 0.481 e. The van der Waals surface area contributed by atoms with Crippen LogP contribution in [0.5, 0.6) is 0 Å². The van der Waals surface area contributed by atoms with Crippen LogP contribution < -0.4 is 46.6 Å². The number of hydrogen-bond acceptors (Lipinski definition) is 20. The third kappa shape index (κ3) is 58.0. The van der Waals surface area contributed by atoms with Crippen molar-refractivity contribution in [1.29, 1.82) is 0 Å². The minimum atomic E-state index is -4.53. The minimum Gasteiger partial charge on any atom is -0.481 e. The average Bonchev–Trinajstić information content (AvgIpc) is 0.819. The number of esters is 5. The Morgan fingerprint density at radius 1 is 0.353 bits per heavy atom. The molecule has 6 rings (SSSR count). The molecule has 0 aromatic heterocycles. The number of halogens is 4. The number of anilines is 9. The number of carboxylic acids is 2. The number of urea groups is 3. The van der Waals surface area contributed by atoms with Crippen molar-refractivity contribution in [2.75, 3.05) is 128 Å². The lowest BCUT2D eigenvalue weighted by Gasteiger charge is -2.31. The van der Waals surface area contributed by atoms with Crippen molar-refractivity contribution in [1.82, 2.24) is 0 Å². The number of carbonyl (C=O) groups is 10. The number of phosphoric ester groups is 1. The van der Waals surface area contributed by atoms with Crippen LogP contribution in [0.1, 0.15) is 271 Å². The topological polar surface area (TPSA) is 406 Å². The molecular formula is C104H156Br3ClN9O21P. The van der Waals surface area contributed by atoms with E-state index in [1.54, 1.807) is 0 Å². The van der Waals surface area contributed by atoms with Gasteiger partial charge < -0.3 is 90.3 Å². The first-order valence-electron chi connectivity index (χ1n) is 48.1. The molecule has 3 atom stereocenters. The van der Waals surface area contributed by atoms with Crippen LogP contribution in [0.25, 0.3) is 0 Å². The molecule has 6 aromatic rings. The number of ether oxygens (including phenoxy) is 5. The first-order chi connectivity index (χ1) is 65.8. The Balaban J connectivity index is 0.000000650. The van der Waals surface area contributed by atoms with Crippen LogP contribution in [0.2, 0.25) is 0 Å². The Morgan fingerprint density at radius 3 is 0.871 bits per heavy atom. The lowest BCUT2D eigenvalue weighted by atomic mass is 9.92. The highest BCUT2D eigenvalue weighted by molar-refractivity contribution is 9.09. The Hall–Kier alpha value is -9.34. The Morgan fingerprint density at radius 2 is 0.619 bits per heavy atom. The zero-order valence-electron chi connectivity index (χ0n) is 84.8. The summed E-state index contributed by atoms with van der Waals surface area (Å²) in [5, 5.41) is 38.0.